The summed E-state index contributed by atoms with van der Waals surface area (Å²) >= 11 is 0. The van der Waals surface area contributed by atoms with Gasteiger partial charge in [-0.25, -0.2) is 4.72 Å². The minimum Gasteiger partial charge on any atom is -0.357 e. The molecular weight excluding hydrogens is 436 g/mol. The number of H-pyrrole nitrogens is 1. The summed E-state index contributed by atoms with van der Waals surface area (Å²) in [5.41, 5.74) is 5.32. The first-order valence-electron chi connectivity index (χ1n) is 11.1. The molecule has 2 aromatic carbocycles. The van der Waals surface area contributed by atoms with E-state index in [0.717, 1.165) is 40.6 Å². The number of hydrogen-bond acceptors (Lipinski definition) is 4. The van der Waals surface area contributed by atoms with Crippen LogP contribution < -0.4 is 4.72 Å². The Hall–Kier alpha value is -2.99. The Bertz CT molecular complexity index is 1440. The molecule has 1 aliphatic carbocycles. The van der Waals surface area contributed by atoms with E-state index in [9.17, 15) is 18.5 Å². The van der Waals surface area contributed by atoms with Gasteiger partial charge < -0.3 is 4.98 Å². The van der Waals surface area contributed by atoms with Crippen molar-refractivity contribution in [3.63, 3.8) is 0 Å². The van der Waals surface area contributed by atoms with Crippen molar-refractivity contribution in [3.05, 3.63) is 69.9 Å². The lowest BCUT2D eigenvalue weighted by Crippen LogP contribution is -2.43. The van der Waals surface area contributed by atoms with Crippen molar-refractivity contribution < 1.29 is 13.2 Å². The lowest BCUT2D eigenvalue weighted by molar-refractivity contribution is 0.103. The minimum absolute atomic E-state index is 0.00299. The molecule has 1 aromatic heterocycles. The highest BCUT2D eigenvalue weighted by Gasteiger charge is 2.40. The van der Waals surface area contributed by atoms with Gasteiger partial charge >= 0.3 is 0 Å². The van der Waals surface area contributed by atoms with Crippen LogP contribution >= 0.6 is 0 Å². The van der Waals surface area contributed by atoms with Crippen molar-refractivity contribution in [2.24, 2.45) is 0 Å². The average molecular weight is 463 g/mol. The molecule has 2 aliphatic rings. The zero-order valence-corrected chi connectivity index (χ0v) is 19.7. The molecule has 1 fully saturated rings. The Morgan fingerprint density at radius 1 is 1.15 bits per heavy atom. The third-order valence-electron chi connectivity index (χ3n) is 7.26. The van der Waals surface area contributed by atoms with E-state index < -0.39 is 15.6 Å². The van der Waals surface area contributed by atoms with Crippen molar-refractivity contribution in [1.82, 2.24) is 14.0 Å². The molecule has 2 heterocycles. The number of aromatic nitrogens is 1. The van der Waals surface area contributed by atoms with Crippen LogP contribution in [0.3, 0.4) is 0 Å². The zero-order chi connectivity index (χ0) is 23.5. The second-order valence-electron chi connectivity index (χ2n) is 9.39. The van der Waals surface area contributed by atoms with Gasteiger partial charge in [0, 0.05) is 47.7 Å². The maximum absolute atomic E-state index is 13.5. The van der Waals surface area contributed by atoms with E-state index in [1.807, 2.05) is 18.2 Å². The van der Waals surface area contributed by atoms with Gasteiger partial charge in [-0.15, -0.1) is 0 Å². The van der Waals surface area contributed by atoms with E-state index in [-0.39, 0.29) is 11.7 Å². The number of fused-ring (bicyclic) bond motifs is 4. The normalized spacial score (nSPS) is 18.7. The van der Waals surface area contributed by atoms with E-state index >= 15 is 0 Å². The molecule has 3 aromatic rings. The molecule has 1 aliphatic heterocycles. The number of carbonyl (C=O) groups is 1. The van der Waals surface area contributed by atoms with Gasteiger partial charge in [0.25, 0.3) is 10.2 Å². The van der Waals surface area contributed by atoms with Crippen LogP contribution in [0.1, 0.15) is 70.9 Å². The number of nitrogens with zero attached hydrogens (tertiary/aromatic N) is 2. The molecule has 0 spiro atoms. The molecular formula is C25H26N4O3S. The predicted octanol–water partition coefficient (Wildman–Crippen LogP) is 3.55. The van der Waals surface area contributed by atoms with Gasteiger partial charge in [0.05, 0.1) is 17.2 Å². The monoisotopic (exact) mass is 462 g/mol. The first-order chi connectivity index (χ1) is 15.7. The average Bonchev–Trinajstić information content (AvgIpc) is 3.22. The second kappa shape index (κ2) is 7.52. The van der Waals surface area contributed by atoms with Crippen LogP contribution in [0.15, 0.2) is 36.4 Å². The maximum atomic E-state index is 13.5. The standard InChI is InChI=1S/C25H26N4O3S/c1-25(2)20-13-17(16-8-10-29(11-9-16)33(31,32)27-3)5-7-18(20)23(30)22-19-6-4-15(14-26)12-21(19)28-24(22)25/h4-7,12-13,16,27-28H,8-11H2,1-3H3. The van der Waals surface area contributed by atoms with Gasteiger partial charge in [0.2, 0.25) is 0 Å². The molecule has 8 heteroatoms. The Morgan fingerprint density at radius 2 is 1.88 bits per heavy atom. The van der Waals surface area contributed by atoms with Gasteiger partial charge in [0.15, 0.2) is 5.78 Å². The van der Waals surface area contributed by atoms with Crippen molar-refractivity contribution in [2.75, 3.05) is 20.1 Å². The molecule has 0 saturated carbocycles. The maximum Gasteiger partial charge on any atom is 0.279 e. The van der Waals surface area contributed by atoms with Crippen molar-refractivity contribution >= 4 is 26.9 Å². The highest BCUT2D eigenvalue weighted by molar-refractivity contribution is 7.87. The van der Waals surface area contributed by atoms with Crippen LogP contribution in [0, 0.1) is 11.3 Å². The summed E-state index contributed by atoms with van der Waals surface area (Å²) in [7, 11) is -1.97. The van der Waals surface area contributed by atoms with Crippen molar-refractivity contribution in [2.45, 2.75) is 38.0 Å². The second-order valence-corrected chi connectivity index (χ2v) is 11.3. The van der Waals surface area contributed by atoms with Crippen LogP contribution in [0.25, 0.3) is 10.9 Å². The van der Waals surface area contributed by atoms with Crippen LogP contribution in [0.4, 0.5) is 0 Å². The first-order valence-corrected chi connectivity index (χ1v) is 12.6. The summed E-state index contributed by atoms with van der Waals surface area (Å²) in [6, 6.07) is 13.6. The van der Waals surface area contributed by atoms with E-state index in [0.29, 0.717) is 29.8 Å². The Balaban J connectivity index is 1.52. The molecule has 0 radical (unpaired) electrons. The SMILES string of the molecule is CNS(=O)(=O)N1CCC(c2ccc3c(c2)C(C)(C)c2[nH]c4cc(C#N)ccc4c2C3=O)CC1. The Labute approximate surface area is 193 Å². The van der Waals surface area contributed by atoms with Gasteiger partial charge in [-0.05, 0) is 42.0 Å². The lowest BCUT2D eigenvalue weighted by Gasteiger charge is -2.35. The van der Waals surface area contributed by atoms with E-state index in [1.54, 1.807) is 12.1 Å². The highest BCUT2D eigenvalue weighted by Crippen LogP contribution is 2.45. The van der Waals surface area contributed by atoms with E-state index in [1.165, 1.54) is 11.4 Å². The molecule has 0 amide bonds. The van der Waals surface area contributed by atoms with Crippen molar-refractivity contribution in [3.8, 4) is 6.07 Å². The fourth-order valence-electron chi connectivity index (χ4n) is 5.33. The van der Waals surface area contributed by atoms with Gasteiger partial charge in [-0.3, -0.25) is 4.79 Å². The predicted molar refractivity (Wildman–Crippen MR) is 127 cm³/mol. The van der Waals surface area contributed by atoms with Crippen LogP contribution in [0.2, 0.25) is 0 Å². The molecule has 0 atom stereocenters. The van der Waals surface area contributed by atoms with E-state index in [4.69, 9.17) is 0 Å². The molecule has 1 saturated heterocycles. The number of benzene rings is 2. The molecule has 0 bridgehead atoms. The molecule has 2 N–H and O–H groups in total. The number of hydrogen-bond donors (Lipinski definition) is 2. The van der Waals surface area contributed by atoms with Crippen LogP contribution in [-0.4, -0.2) is 43.6 Å². The smallest absolute Gasteiger partial charge is 0.279 e. The van der Waals surface area contributed by atoms with E-state index in [2.05, 4.69) is 35.7 Å². The molecule has 0 unspecified atom stereocenters. The molecule has 5 rings (SSSR count). The summed E-state index contributed by atoms with van der Waals surface area (Å²) in [6.45, 7) is 5.18. The topological polar surface area (TPSA) is 106 Å². The number of ketones is 1. The van der Waals surface area contributed by atoms with Gasteiger partial charge in [-0.2, -0.15) is 18.0 Å². The van der Waals surface area contributed by atoms with Crippen LogP contribution in [0.5, 0.6) is 0 Å². The fraction of sp³-hybridized carbons (Fsp3) is 0.360. The largest absolute Gasteiger partial charge is 0.357 e. The number of carbonyl (C=O) groups excluding carboxylic acids is 1. The number of aromatic amines is 1. The Morgan fingerprint density at radius 3 is 2.55 bits per heavy atom. The summed E-state index contributed by atoms with van der Waals surface area (Å²) in [5, 5.41) is 10.1. The summed E-state index contributed by atoms with van der Waals surface area (Å²) in [4.78, 5) is 17.0. The summed E-state index contributed by atoms with van der Waals surface area (Å²) < 4.78 is 28.1. The van der Waals surface area contributed by atoms with Crippen molar-refractivity contribution in [1.29, 1.82) is 5.26 Å². The minimum atomic E-state index is -3.40. The molecule has 33 heavy (non-hydrogen) atoms. The lowest BCUT2D eigenvalue weighted by atomic mass is 9.70. The summed E-state index contributed by atoms with van der Waals surface area (Å²) in [6.07, 6.45) is 1.48. The summed E-state index contributed by atoms with van der Waals surface area (Å²) in [5.74, 6) is 0.239. The third-order valence-corrected chi connectivity index (χ3v) is 8.83. The van der Waals surface area contributed by atoms with Crippen LogP contribution in [-0.2, 0) is 15.6 Å². The molecule has 7 nitrogen and oxygen atoms in total. The number of nitrogens with one attached hydrogen (secondary N) is 2. The fourth-order valence-corrected chi connectivity index (χ4v) is 6.28. The third kappa shape index (κ3) is 3.31. The molecule has 170 valence electrons. The number of nitriles is 1. The van der Waals surface area contributed by atoms with Gasteiger partial charge in [-0.1, -0.05) is 38.1 Å². The Kier molecular flexibility index (Phi) is 4.98. The van der Waals surface area contributed by atoms with Gasteiger partial charge in [0.1, 0.15) is 0 Å². The number of rotatable bonds is 3. The zero-order valence-electron chi connectivity index (χ0n) is 18.9. The quantitative estimate of drug-likeness (QED) is 0.621. The highest BCUT2D eigenvalue weighted by atomic mass is 32.2. The number of piperidine rings is 1. The first kappa shape index (κ1) is 21.8.